The molecular weight excluding hydrogens is 383 g/mol. The summed E-state index contributed by atoms with van der Waals surface area (Å²) >= 11 is 3.35. The van der Waals surface area contributed by atoms with Crippen LogP contribution in [0.1, 0.15) is 21.5 Å². The standard InChI is InChI=1S/C17H14BrFO5/c1-21-17(20)10-2-3-15(14(18)6-10)23-8-12-5-13(19)4-11-7-22-9-24-16(11)12/h2-6H,7-9H2,1H3. The zero-order valence-electron chi connectivity index (χ0n) is 12.8. The molecule has 7 heteroatoms. The van der Waals surface area contributed by atoms with Crippen molar-refractivity contribution in [2.45, 2.75) is 13.2 Å². The van der Waals surface area contributed by atoms with Crippen LogP contribution in [0, 0.1) is 5.82 Å². The van der Waals surface area contributed by atoms with Gasteiger partial charge in [0.05, 0.1) is 23.8 Å². The predicted molar refractivity (Wildman–Crippen MR) is 86.5 cm³/mol. The van der Waals surface area contributed by atoms with Gasteiger partial charge in [0.25, 0.3) is 0 Å². The minimum atomic E-state index is -0.435. The van der Waals surface area contributed by atoms with Gasteiger partial charge in [-0.05, 0) is 46.3 Å². The van der Waals surface area contributed by atoms with Gasteiger partial charge in [-0.15, -0.1) is 0 Å². The molecule has 126 valence electrons. The first-order chi connectivity index (χ1) is 11.6. The van der Waals surface area contributed by atoms with Gasteiger partial charge in [0.15, 0.2) is 6.79 Å². The van der Waals surface area contributed by atoms with Crippen molar-refractivity contribution >= 4 is 21.9 Å². The summed E-state index contributed by atoms with van der Waals surface area (Å²) in [6.07, 6.45) is 0. The Balaban J connectivity index is 1.79. The van der Waals surface area contributed by atoms with E-state index < -0.39 is 5.97 Å². The Labute approximate surface area is 146 Å². The minimum absolute atomic E-state index is 0.121. The van der Waals surface area contributed by atoms with Gasteiger partial charge in [0, 0.05) is 11.1 Å². The quantitative estimate of drug-likeness (QED) is 0.735. The first-order valence-electron chi connectivity index (χ1n) is 7.11. The zero-order valence-corrected chi connectivity index (χ0v) is 14.4. The molecule has 0 aromatic heterocycles. The molecule has 1 aliphatic rings. The van der Waals surface area contributed by atoms with Crippen molar-refractivity contribution in [1.29, 1.82) is 0 Å². The van der Waals surface area contributed by atoms with Crippen molar-refractivity contribution in [2.75, 3.05) is 13.9 Å². The van der Waals surface area contributed by atoms with Crippen molar-refractivity contribution in [3.05, 3.63) is 57.3 Å². The molecule has 24 heavy (non-hydrogen) atoms. The Kier molecular flexibility index (Phi) is 5.01. The van der Waals surface area contributed by atoms with Crippen LogP contribution in [0.5, 0.6) is 11.5 Å². The van der Waals surface area contributed by atoms with E-state index >= 15 is 0 Å². The van der Waals surface area contributed by atoms with E-state index in [9.17, 15) is 9.18 Å². The lowest BCUT2D eigenvalue weighted by Crippen LogP contribution is -2.14. The average Bonchev–Trinajstić information content (AvgIpc) is 2.59. The molecule has 0 aliphatic carbocycles. The van der Waals surface area contributed by atoms with Crippen molar-refractivity contribution in [3.8, 4) is 11.5 Å². The molecule has 0 N–H and O–H groups in total. The Bertz CT molecular complexity index is 778. The first kappa shape index (κ1) is 16.7. The molecule has 0 amide bonds. The van der Waals surface area contributed by atoms with Gasteiger partial charge < -0.3 is 18.9 Å². The number of carbonyl (C=O) groups excluding carboxylic acids is 1. The van der Waals surface area contributed by atoms with Gasteiger partial charge in [-0.3, -0.25) is 0 Å². The number of halogens is 2. The normalized spacial score (nSPS) is 13.0. The summed E-state index contributed by atoms with van der Waals surface area (Å²) < 4.78 is 35.3. The molecule has 0 fully saturated rings. The lowest BCUT2D eigenvalue weighted by Gasteiger charge is -2.21. The molecule has 0 saturated carbocycles. The number of ether oxygens (including phenoxy) is 4. The van der Waals surface area contributed by atoms with E-state index in [1.807, 2.05) is 0 Å². The summed E-state index contributed by atoms with van der Waals surface area (Å²) in [7, 11) is 1.32. The Morgan fingerprint density at radius 2 is 2.17 bits per heavy atom. The van der Waals surface area contributed by atoms with Crippen LogP contribution in [0.2, 0.25) is 0 Å². The fourth-order valence-electron chi connectivity index (χ4n) is 2.38. The van der Waals surface area contributed by atoms with Gasteiger partial charge in [-0.2, -0.15) is 0 Å². The highest BCUT2D eigenvalue weighted by Gasteiger charge is 2.18. The summed E-state index contributed by atoms with van der Waals surface area (Å²) in [5.74, 6) is 0.300. The van der Waals surface area contributed by atoms with Gasteiger partial charge >= 0.3 is 5.97 Å². The molecule has 0 radical (unpaired) electrons. The smallest absolute Gasteiger partial charge is 0.337 e. The molecule has 0 bridgehead atoms. The SMILES string of the molecule is COC(=O)c1ccc(OCc2cc(F)cc3c2OCOC3)c(Br)c1. The lowest BCUT2D eigenvalue weighted by molar-refractivity contribution is -0.0178. The predicted octanol–water partition coefficient (Wildman–Crippen LogP) is 3.82. The van der Waals surface area contributed by atoms with Crippen LogP contribution in [0.25, 0.3) is 0 Å². The number of benzene rings is 2. The van der Waals surface area contributed by atoms with Crippen LogP contribution in [0.4, 0.5) is 4.39 Å². The molecule has 0 saturated heterocycles. The average molecular weight is 397 g/mol. The molecular formula is C17H14BrFO5. The second kappa shape index (κ2) is 7.19. The third kappa shape index (κ3) is 3.52. The summed E-state index contributed by atoms with van der Waals surface area (Å²) in [5.41, 5.74) is 1.65. The molecule has 5 nitrogen and oxygen atoms in total. The maximum Gasteiger partial charge on any atom is 0.337 e. The second-order valence-electron chi connectivity index (χ2n) is 5.09. The molecule has 1 heterocycles. The van der Waals surface area contributed by atoms with E-state index in [1.54, 1.807) is 18.2 Å². The zero-order chi connectivity index (χ0) is 17.1. The van der Waals surface area contributed by atoms with Gasteiger partial charge in [-0.25, -0.2) is 9.18 Å². The number of fused-ring (bicyclic) bond motifs is 1. The Hall–Kier alpha value is -2.12. The van der Waals surface area contributed by atoms with Crippen molar-refractivity contribution in [2.24, 2.45) is 0 Å². The van der Waals surface area contributed by atoms with Crippen LogP contribution in [-0.4, -0.2) is 19.9 Å². The number of hydrogen-bond donors (Lipinski definition) is 0. The largest absolute Gasteiger partial charge is 0.488 e. The van der Waals surface area contributed by atoms with E-state index in [0.717, 1.165) is 0 Å². The van der Waals surface area contributed by atoms with Crippen molar-refractivity contribution < 1.29 is 28.1 Å². The van der Waals surface area contributed by atoms with Crippen LogP contribution in [-0.2, 0) is 22.7 Å². The first-order valence-corrected chi connectivity index (χ1v) is 7.90. The van der Waals surface area contributed by atoms with E-state index in [4.69, 9.17) is 14.2 Å². The summed E-state index contributed by atoms with van der Waals surface area (Å²) in [6.45, 7) is 0.553. The number of methoxy groups -OCH3 is 1. The van der Waals surface area contributed by atoms with E-state index in [-0.39, 0.29) is 19.2 Å². The summed E-state index contributed by atoms with van der Waals surface area (Å²) in [6, 6.07) is 7.61. The maximum absolute atomic E-state index is 13.7. The number of hydrogen-bond acceptors (Lipinski definition) is 5. The number of esters is 1. The van der Waals surface area contributed by atoms with Gasteiger partial charge in [-0.1, -0.05) is 0 Å². The van der Waals surface area contributed by atoms with E-state index in [2.05, 4.69) is 20.7 Å². The highest BCUT2D eigenvalue weighted by molar-refractivity contribution is 9.10. The molecule has 0 atom stereocenters. The van der Waals surface area contributed by atoms with Crippen LogP contribution >= 0.6 is 15.9 Å². The van der Waals surface area contributed by atoms with Crippen molar-refractivity contribution in [3.63, 3.8) is 0 Å². The van der Waals surface area contributed by atoms with Crippen LogP contribution < -0.4 is 9.47 Å². The van der Waals surface area contributed by atoms with Crippen LogP contribution in [0.3, 0.4) is 0 Å². The lowest BCUT2D eigenvalue weighted by atomic mass is 10.1. The molecule has 2 aromatic carbocycles. The Morgan fingerprint density at radius 3 is 2.92 bits per heavy atom. The highest BCUT2D eigenvalue weighted by atomic mass is 79.9. The summed E-state index contributed by atoms with van der Waals surface area (Å²) in [4.78, 5) is 11.5. The van der Waals surface area contributed by atoms with E-state index in [0.29, 0.717) is 39.3 Å². The van der Waals surface area contributed by atoms with Gasteiger partial charge in [0.1, 0.15) is 23.9 Å². The monoisotopic (exact) mass is 396 g/mol. The third-order valence-electron chi connectivity index (χ3n) is 3.49. The fourth-order valence-corrected chi connectivity index (χ4v) is 2.88. The number of rotatable bonds is 4. The minimum Gasteiger partial charge on any atom is -0.488 e. The molecule has 1 aliphatic heterocycles. The molecule has 3 rings (SSSR count). The molecule has 0 spiro atoms. The number of carbonyl (C=O) groups is 1. The third-order valence-corrected chi connectivity index (χ3v) is 4.11. The highest BCUT2D eigenvalue weighted by Crippen LogP contribution is 2.32. The molecule has 0 unspecified atom stereocenters. The Morgan fingerprint density at radius 1 is 1.33 bits per heavy atom. The van der Waals surface area contributed by atoms with Crippen LogP contribution in [0.15, 0.2) is 34.8 Å². The van der Waals surface area contributed by atoms with E-state index in [1.165, 1.54) is 19.2 Å². The maximum atomic E-state index is 13.7. The van der Waals surface area contributed by atoms with Crippen molar-refractivity contribution in [1.82, 2.24) is 0 Å². The molecule has 2 aromatic rings. The fraction of sp³-hybridized carbons (Fsp3) is 0.235. The second-order valence-corrected chi connectivity index (χ2v) is 5.94. The topological polar surface area (TPSA) is 54.0 Å². The summed E-state index contributed by atoms with van der Waals surface area (Å²) in [5, 5.41) is 0. The van der Waals surface area contributed by atoms with Gasteiger partial charge in [0.2, 0.25) is 0 Å².